The normalized spacial score (nSPS) is 11.4. The number of carbonyl (C=O) groups is 1. The fourth-order valence-electron chi connectivity index (χ4n) is 1.35. The highest BCUT2D eigenvalue weighted by molar-refractivity contribution is 7.89. The highest BCUT2D eigenvalue weighted by atomic mass is 32.2. The van der Waals surface area contributed by atoms with E-state index in [1.807, 2.05) is 35.1 Å². The highest BCUT2D eigenvalue weighted by Crippen LogP contribution is 1.99. The Balaban J connectivity index is 2.15. The smallest absolute Gasteiger partial charge is 0.214 e. The van der Waals surface area contributed by atoms with Crippen LogP contribution in [0.2, 0.25) is 0 Å². The van der Waals surface area contributed by atoms with Crippen molar-refractivity contribution in [1.82, 2.24) is 4.72 Å². The topological polar surface area (TPSA) is 95.5 Å². The third-order valence-electron chi connectivity index (χ3n) is 2.31. The maximum atomic E-state index is 11.3. The molecule has 1 aromatic carbocycles. The molecule has 0 saturated heterocycles. The van der Waals surface area contributed by atoms with Crippen LogP contribution >= 0.6 is 0 Å². The Morgan fingerprint density at radius 3 is 2.53 bits per heavy atom. The standard InChI is InChI=1S/C12H17NO5S/c14-12(15)10-13-19(16,17)9-8-18-7-6-11-4-2-1-3-5-11/h1-5,13H,6-10H2,(H,14,15)/p-1. The minimum atomic E-state index is -3.62. The Hall–Kier alpha value is -1.44. The molecule has 0 aliphatic heterocycles. The molecular formula is C12H16NO5S-. The minimum Gasteiger partial charge on any atom is -0.549 e. The summed E-state index contributed by atoms with van der Waals surface area (Å²) >= 11 is 0. The van der Waals surface area contributed by atoms with E-state index in [1.54, 1.807) is 0 Å². The van der Waals surface area contributed by atoms with Crippen molar-refractivity contribution in [2.75, 3.05) is 25.5 Å². The van der Waals surface area contributed by atoms with Gasteiger partial charge in [0, 0.05) is 0 Å². The quantitative estimate of drug-likeness (QED) is 0.582. The number of nitrogens with one attached hydrogen (secondary N) is 1. The van der Waals surface area contributed by atoms with Crippen LogP contribution in [0.25, 0.3) is 0 Å². The Labute approximate surface area is 112 Å². The number of sulfonamides is 1. The van der Waals surface area contributed by atoms with E-state index in [9.17, 15) is 18.3 Å². The lowest BCUT2D eigenvalue weighted by Gasteiger charge is -2.08. The number of carboxylic acid groups (broad SMARTS) is 1. The molecule has 0 aromatic heterocycles. The van der Waals surface area contributed by atoms with Gasteiger partial charge < -0.3 is 14.6 Å². The predicted molar refractivity (Wildman–Crippen MR) is 67.8 cm³/mol. The van der Waals surface area contributed by atoms with Crippen molar-refractivity contribution >= 4 is 16.0 Å². The maximum absolute atomic E-state index is 11.3. The lowest BCUT2D eigenvalue weighted by atomic mass is 10.2. The second-order valence-electron chi connectivity index (χ2n) is 3.86. The van der Waals surface area contributed by atoms with Crippen molar-refractivity contribution in [3.05, 3.63) is 35.9 Å². The van der Waals surface area contributed by atoms with Crippen LogP contribution in [-0.2, 0) is 26.0 Å². The first-order valence-electron chi connectivity index (χ1n) is 5.78. The molecule has 19 heavy (non-hydrogen) atoms. The average molecular weight is 286 g/mol. The molecule has 0 spiro atoms. The first kappa shape index (κ1) is 15.6. The van der Waals surface area contributed by atoms with E-state index in [0.29, 0.717) is 13.0 Å². The van der Waals surface area contributed by atoms with Gasteiger partial charge in [0.2, 0.25) is 10.0 Å². The molecule has 1 N–H and O–H groups in total. The van der Waals surface area contributed by atoms with Crippen LogP contribution in [0.5, 0.6) is 0 Å². The Morgan fingerprint density at radius 2 is 1.89 bits per heavy atom. The first-order chi connectivity index (χ1) is 8.99. The van der Waals surface area contributed by atoms with Crippen molar-refractivity contribution < 1.29 is 23.1 Å². The van der Waals surface area contributed by atoms with Crippen LogP contribution in [0, 0.1) is 0 Å². The number of hydrogen-bond donors (Lipinski definition) is 1. The zero-order chi connectivity index (χ0) is 14.1. The van der Waals surface area contributed by atoms with Gasteiger partial charge in [-0.3, -0.25) is 0 Å². The molecule has 0 atom stereocenters. The average Bonchev–Trinajstić information content (AvgIpc) is 2.37. The van der Waals surface area contributed by atoms with Crippen LogP contribution < -0.4 is 9.83 Å². The summed E-state index contributed by atoms with van der Waals surface area (Å²) in [5, 5.41) is 10.1. The molecule has 0 bridgehead atoms. The number of ether oxygens (including phenoxy) is 1. The van der Waals surface area contributed by atoms with Gasteiger partial charge in [0.05, 0.1) is 31.5 Å². The third kappa shape index (κ3) is 7.55. The largest absolute Gasteiger partial charge is 0.549 e. The zero-order valence-electron chi connectivity index (χ0n) is 10.4. The molecule has 0 fully saturated rings. The second kappa shape index (κ2) is 7.88. The van der Waals surface area contributed by atoms with Gasteiger partial charge in [0.1, 0.15) is 0 Å². The van der Waals surface area contributed by atoms with Gasteiger partial charge in [0.25, 0.3) is 0 Å². The molecule has 106 valence electrons. The van der Waals surface area contributed by atoms with E-state index in [0.717, 1.165) is 5.56 Å². The number of rotatable bonds is 9. The van der Waals surface area contributed by atoms with Gasteiger partial charge in [-0.1, -0.05) is 30.3 Å². The minimum absolute atomic E-state index is 0.0230. The van der Waals surface area contributed by atoms with Crippen molar-refractivity contribution in [3.63, 3.8) is 0 Å². The van der Waals surface area contributed by atoms with Gasteiger partial charge >= 0.3 is 0 Å². The Bertz CT molecular complexity index is 486. The fourth-order valence-corrected chi connectivity index (χ4v) is 2.17. The highest BCUT2D eigenvalue weighted by Gasteiger charge is 2.09. The summed E-state index contributed by atoms with van der Waals surface area (Å²) in [7, 11) is -3.62. The van der Waals surface area contributed by atoms with Crippen LogP contribution in [0.1, 0.15) is 5.56 Å². The number of hydrogen-bond acceptors (Lipinski definition) is 5. The number of aliphatic carboxylic acids is 1. The predicted octanol–water partition coefficient (Wildman–Crippen LogP) is -1.08. The Morgan fingerprint density at radius 1 is 1.21 bits per heavy atom. The second-order valence-corrected chi connectivity index (χ2v) is 5.79. The summed E-state index contributed by atoms with van der Waals surface area (Å²) in [6, 6.07) is 9.68. The van der Waals surface area contributed by atoms with E-state index in [1.165, 1.54) is 0 Å². The number of carbonyl (C=O) groups excluding carboxylic acids is 1. The third-order valence-corrected chi connectivity index (χ3v) is 3.60. The summed E-state index contributed by atoms with van der Waals surface area (Å²) < 4.78 is 29.7. The Kier molecular flexibility index (Phi) is 6.48. The summed E-state index contributed by atoms with van der Waals surface area (Å²) in [5.41, 5.74) is 1.11. The van der Waals surface area contributed by atoms with Crippen molar-refractivity contribution in [2.24, 2.45) is 0 Å². The maximum Gasteiger partial charge on any atom is 0.214 e. The van der Waals surface area contributed by atoms with Gasteiger partial charge in [0.15, 0.2) is 0 Å². The molecule has 0 radical (unpaired) electrons. The summed E-state index contributed by atoms with van der Waals surface area (Å²) in [6.07, 6.45) is 0.702. The first-order valence-corrected chi connectivity index (χ1v) is 7.44. The van der Waals surface area contributed by atoms with E-state index in [-0.39, 0.29) is 12.4 Å². The van der Waals surface area contributed by atoms with E-state index in [2.05, 4.69) is 0 Å². The molecule has 6 nitrogen and oxygen atoms in total. The molecule has 0 heterocycles. The summed E-state index contributed by atoms with van der Waals surface area (Å²) in [4.78, 5) is 10.1. The molecule has 0 aliphatic carbocycles. The molecule has 0 amide bonds. The SMILES string of the molecule is O=C([O-])CNS(=O)(=O)CCOCCc1ccccc1. The monoisotopic (exact) mass is 286 g/mol. The molecule has 0 saturated carbocycles. The van der Waals surface area contributed by atoms with Gasteiger partial charge in [-0.2, -0.15) is 0 Å². The van der Waals surface area contributed by atoms with Crippen LogP contribution in [0.4, 0.5) is 0 Å². The van der Waals surface area contributed by atoms with Gasteiger partial charge in [-0.05, 0) is 12.0 Å². The molecular weight excluding hydrogens is 270 g/mol. The molecule has 1 aromatic rings. The van der Waals surface area contributed by atoms with E-state index in [4.69, 9.17) is 4.74 Å². The molecule has 1 rings (SSSR count). The number of benzene rings is 1. The fraction of sp³-hybridized carbons (Fsp3) is 0.417. The van der Waals surface area contributed by atoms with Crippen LogP contribution in [0.15, 0.2) is 30.3 Å². The molecule has 0 aliphatic rings. The summed E-state index contributed by atoms with van der Waals surface area (Å²) in [6.45, 7) is -0.276. The molecule has 7 heteroatoms. The van der Waals surface area contributed by atoms with E-state index < -0.39 is 22.5 Å². The van der Waals surface area contributed by atoms with Gasteiger partial charge in [-0.25, -0.2) is 13.1 Å². The van der Waals surface area contributed by atoms with E-state index >= 15 is 0 Å². The van der Waals surface area contributed by atoms with Crippen molar-refractivity contribution in [3.8, 4) is 0 Å². The summed E-state index contributed by atoms with van der Waals surface area (Å²) in [5.74, 6) is -1.73. The van der Waals surface area contributed by atoms with Crippen molar-refractivity contribution in [2.45, 2.75) is 6.42 Å². The van der Waals surface area contributed by atoms with Crippen molar-refractivity contribution in [1.29, 1.82) is 0 Å². The van der Waals surface area contributed by atoms with Crippen LogP contribution in [-0.4, -0.2) is 39.9 Å². The number of carboxylic acids is 1. The molecule has 0 unspecified atom stereocenters. The zero-order valence-corrected chi connectivity index (χ0v) is 11.2. The van der Waals surface area contributed by atoms with Gasteiger partial charge in [-0.15, -0.1) is 0 Å². The lowest BCUT2D eigenvalue weighted by molar-refractivity contribution is -0.303. The van der Waals surface area contributed by atoms with Crippen LogP contribution in [0.3, 0.4) is 0 Å². The lowest BCUT2D eigenvalue weighted by Crippen LogP contribution is -2.39.